The molecule has 0 radical (unpaired) electrons. The van der Waals surface area contributed by atoms with Crippen molar-refractivity contribution in [3.05, 3.63) is 60.2 Å². The van der Waals surface area contributed by atoms with Crippen LogP contribution in [0.2, 0.25) is 0 Å². The summed E-state index contributed by atoms with van der Waals surface area (Å²) in [5.74, 6) is 0.849. The van der Waals surface area contributed by atoms with Gasteiger partial charge in [0.15, 0.2) is 0 Å². The van der Waals surface area contributed by atoms with Gasteiger partial charge in [0, 0.05) is 24.4 Å². The second-order valence-corrected chi connectivity index (χ2v) is 7.42. The number of benzene rings is 2. The van der Waals surface area contributed by atoms with Crippen LogP contribution in [-0.2, 0) is 0 Å². The van der Waals surface area contributed by atoms with Crippen molar-refractivity contribution < 1.29 is 9.84 Å². The van der Waals surface area contributed by atoms with Crippen molar-refractivity contribution in [1.29, 1.82) is 5.41 Å². The lowest BCUT2D eigenvalue weighted by Gasteiger charge is -2.35. The SMILES string of the molecule is N=C(/C=C(\Nc1ccccc1N1CCC1)c1cccc(OC2CCC2)c1)CO. The first-order valence-corrected chi connectivity index (χ1v) is 10.0. The van der Waals surface area contributed by atoms with Gasteiger partial charge in [0.05, 0.1) is 29.8 Å². The molecule has 0 unspecified atom stereocenters. The number of hydrogen-bond acceptors (Lipinski definition) is 5. The van der Waals surface area contributed by atoms with E-state index in [-0.39, 0.29) is 12.3 Å². The Balaban J connectivity index is 1.62. The molecule has 1 heterocycles. The van der Waals surface area contributed by atoms with Crippen molar-refractivity contribution in [3.8, 4) is 5.75 Å². The van der Waals surface area contributed by atoms with Crippen molar-refractivity contribution in [1.82, 2.24) is 0 Å². The summed E-state index contributed by atoms with van der Waals surface area (Å²) >= 11 is 0. The molecule has 1 saturated carbocycles. The summed E-state index contributed by atoms with van der Waals surface area (Å²) in [5.41, 5.74) is 4.05. The minimum atomic E-state index is -0.294. The Morgan fingerprint density at radius 2 is 1.96 bits per heavy atom. The second-order valence-electron chi connectivity index (χ2n) is 7.42. The van der Waals surface area contributed by atoms with E-state index < -0.39 is 0 Å². The number of nitrogens with zero attached hydrogens (tertiary/aromatic N) is 1. The summed E-state index contributed by atoms with van der Waals surface area (Å²) < 4.78 is 6.04. The summed E-state index contributed by atoms with van der Waals surface area (Å²) in [6, 6.07) is 16.2. The van der Waals surface area contributed by atoms with Crippen LogP contribution in [0.4, 0.5) is 11.4 Å². The van der Waals surface area contributed by atoms with E-state index in [1.807, 2.05) is 36.4 Å². The molecule has 2 aromatic rings. The third-order valence-electron chi connectivity index (χ3n) is 5.36. The third-order valence-corrected chi connectivity index (χ3v) is 5.36. The Bertz CT molecular complexity index is 870. The first kappa shape index (κ1) is 18.6. The van der Waals surface area contributed by atoms with Crippen LogP contribution in [0.15, 0.2) is 54.6 Å². The van der Waals surface area contributed by atoms with Crippen LogP contribution in [0.1, 0.15) is 31.2 Å². The van der Waals surface area contributed by atoms with Crippen LogP contribution in [-0.4, -0.2) is 36.6 Å². The Morgan fingerprint density at radius 1 is 1.14 bits per heavy atom. The minimum absolute atomic E-state index is 0.161. The third kappa shape index (κ3) is 4.20. The molecule has 0 atom stereocenters. The van der Waals surface area contributed by atoms with Gasteiger partial charge >= 0.3 is 0 Å². The largest absolute Gasteiger partial charge is 0.490 e. The standard InChI is InChI=1S/C23H27N3O2/c24-18(16-27)15-22(17-6-3-9-20(14-17)28-19-7-4-8-19)25-21-10-1-2-11-23(21)26-12-5-13-26/h1-3,6,9-11,14-15,19,24-25,27H,4-5,7-8,12-13,16H2/b22-15-,24-18?. The van der Waals surface area contributed by atoms with Gasteiger partial charge in [-0.2, -0.15) is 0 Å². The molecule has 5 heteroatoms. The van der Waals surface area contributed by atoms with Gasteiger partial charge in [-0.15, -0.1) is 0 Å². The molecule has 0 bridgehead atoms. The molecule has 1 aliphatic heterocycles. The number of para-hydroxylation sites is 2. The van der Waals surface area contributed by atoms with Crippen LogP contribution in [0, 0.1) is 5.41 Å². The van der Waals surface area contributed by atoms with E-state index in [1.165, 1.54) is 12.8 Å². The van der Waals surface area contributed by atoms with Crippen molar-refractivity contribution in [2.75, 3.05) is 29.9 Å². The first-order chi connectivity index (χ1) is 13.7. The maximum atomic E-state index is 9.37. The number of aliphatic hydroxyl groups excluding tert-OH is 1. The maximum Gasteiger partial charge on any atom is 0.120 e. The molecule has 1 saturated heterocycles. The van der Waals surface area contributed by atoms with E-state index in [4.69, 9.17) is 10.1 Å². The zero-order valence-corrected chi connectivity index (χ0v) is 16.0. The van der Waals surface area contributed by atoms with Crippen LogP contribution in [0.3, 0.4) is 0 Å². The molecular weight excluding hydrogens is 350 g/mol. The molecule has 2 fully saturated rings. The van der Waals surface area contributed by atoms with Crippen LogP contribution < -0.4 is 15.0 Å². The number of hydrogen-bond donors (Lipinski definition) is 3. The Hall–Kier alpha value is -2.79. The predicted molar refractivity (Wildman–Crippen MR) is 114 cm³/mol. The van der Waals surface area contributed by atoms with Crippen LogP contribution >= 0.6 is 0 Å². The highest BCUT2D eigenvalue weighted by Crippen LogP contribution is 2.33. The lowest BCUT2D eigenvalue weighted by atomic mass is 9.96. The number of anilines is 2. The van der Waals surface area contributed by atoms with E-state index in [1.54, 1.807) is 6.08 Å². The Kier molecular flexibility index (Phi) is 5.63. The molecule has 0 amide bonds. The van der Waals surface area contributed by atoms with E-state index >= 15 is 0 Å². The number of nitrogens with one attached hydrogen (secondary N) is 2. The van der Waals surface area contributed by atoms with Crippen molar-refractivity contribution in [2.24, 2.45) is 0 Å². The molecule has 28 heavy (non-hydrogen) atoms. The summed E-state index contributed by atoms with van der Waals surface area (Å²) in [7, 11) is 0. The normalized spacial score (nSPS) is 16.9. The van der Waals surface area contributed by atoms with Gasteiger partial charge in [-0.05, 0) is 56.0 Å². The molecule has 1 aliphatic carbocycles. The summed E-state index contributed by atoms with van der Waals surface area (Å²) in [5, 5.41) is 20.8. The quantitative estimate of drug-likeness (QED) is 0.600. The van der Waals surface area contributed by atoms with Gasteiger partial charge in [-0.25, -0.2) is 0 Å². The van der Waals surface area contributed by atoms with E-state index in [2.05, 4.69) is 22.3 Å². The van der Waals surface area contributed by atoms with Gasteiger partial charge in [0.2, 0.25) is 0 Å². The molecule has 146 valence electrons. The second kappa shape index (κ2) is 8.48. The lowest BCUT2D eigenvalue weighted by molar-refractivity contribution is 0.120. The molecule has 0 aromatic heterocycles. The van der Waals surface area contributed by atoms with Crippen LogP contribution in [0.5, 0.6) is 5.75 Å². The summed E-state index contributed by atoms with van der Waals surface area (Å²) in [6.45, 7) is 1.83. The lowest BCUT2D eigenvalue weighted by Crippen LogP contribution is -2.37. The number of rotatable bonds is 8. The molecule has 4 rings (SSSR count). The van der Waals surface area contributed by atoms with Gasteiger partial charge in [-0.1, -0.05) is 24.3 Å². The van der Waals surface area contributed by atoms with E-state index in [0.717, 1.165) is 54.3 Å². The van der Waals surface area contributed by atoms with Crippen LogP contribution in [0.25, 0.3) is 5.70 Å². The minimum Gasteiger partial charge on any atom is -0.490 e. The van der Waals surface area contributed by atoms with Crippen molar-refractivity contribution in [3.63, 3.8) is 0 Å². The van der Waals surface area contributed by atoms with Crippen molar-refractivity contribution in [2.45, 2.75) is 31.8 Å². The molecule has 5 nitrogen and oxygen atoms in total. The molecule has 2 aliphatic rings. The fraction of sp³-hybridized carbons (Fsp3) is 0.348. The number of ether oxygens (including phenoxy) is 1. The summed E-state index contributed by atoms with van der Waals surface area (Å²) in [4.78, 5) is 2.34. The van der Waals surface area contributed by atoms with Gasteiger partial charge in [-0.3, -0.25) is 0 Å². The average molecular weight is 377 g/mol. The van der Waals surface area contributed by atoms with E-state index in [0.29, 0.717) is 6.10 Å². The smallest absolute Gasteiger partial charge is 0.120 e. The molecular formula is C23H27N3O2. The average Bonchev–Trinajstić information content (AvgIpc) is 2.64. The molecule has 3 N–H and O–H groups in total. The summed E-state index contributed by atoms with van der Waals surface area (Å²) in [6.07, 6.45) is 6.69. The molecule has 2 aromatic carbocycles. The highest BCUT2D eigenvalue weighted by atomic mass is 16.5. The van der Waals surface area contributed by atoms with Gasteiger partial charge < -0.3 is 25.5 Å². The maximum absolute atomic E-state index is 9.37. The van der Waals surface area contributed by atoms with Gasteiger partial charge in [0.1, 0.15) is 5.75 Å². The Labute approximate surface area is 166 Å². The topological polar surface area (TPSA) is 68.6 Å². The van der Waals surface area contributed by atoms with Gasteiger partial charge in [0.25, 0.3) is 0 Å². The monoisotopic (exact) mass is 377 g/mol. The zero-order chi connectivity index (χ0) is 19.3. The zero-order valence-electron chi connectivity index (χ0n) is 16.0. The predicted octanol–water partition coefficient (Wildman–Crippen LogP) is 4.29. The first-order valence-electron chi connectivity index (χ1n) is 10.0. The highest BCUT2D eigenvalue weighted by Gasteiger charge is 2.20. The Morgan fingerprint density at radius 3 is 2.64 bits per heavy atom. The van der Waals surface area contributed by atoms with Crippen molar-refractivity contribution >= 4 is 22.8 Å². The van der Waals surface area contributed by atoms with E-state index in [9.17, 15) is 5.11 Å². The highest BCUT2D eigenvalue weighted by molar-refractivity contribution is 6.02. The number of aliphatic hydroxyl groups is 1. The fourth-order valence-electron chi connectivity index (χ4n) is 3.39. The fourth-order valence-corrected chi connectivity index (χ4v) is 3.39. The molecule has 0 spiro atoms.